The van der Waals surface area contributed by atoms with Crippen molar-refractivity contribution in [3.63, 3.8) is 0 Å². The number of hydrogen-bond donors (Lipinski definition) is 3. The first-order valence-electron chi connectivity index (χ1n) is 44.2. The lowest BCUT2D eigenvalue weighted by Crippen LogP contribution is -2.62. The van der Waals surface area contributed by atoms with Gasteiger partial charge in [0, 0.05) is 62.6 Å². The molecule has 3 N–H and O–H groups in total. The van der Waals surface area contributed by atoms with Crippen LogP contribution in [-0.4, -0.2) is 274 Å². The van der Waals surface area contributed by atoms with Crippen LogP contribution in [0, 0.1) is 47.3 Å². The fourth-order valence-electron chi connectivity index (χ4n) is 17.9. The Bertz CT molecular complexity index is 3940. The summed E-state index contributed by atoms with van der Waals surface area (Å²) in [4.78, 5) is 150. The van der Waals surface area contributed by atoms with Crippen LogP contribution >= 0.6 is 0 Å². The Labute approximate surface area is 746 Å². The molecule has 126 heavy (non-hydrogen) atoms. The van der Waals surface area contributed by atoms with Gasteiger partial charge in [0.15, 0.2) is 35.3 Å². The number of cyclic esters (lactones) is 2. The zero-order valence-corrected chi connectivity index (χ0v) is 80.4. The number of fused-ring (bicyclic) bond motifs is 2. The molecule has 3 amide bonds. The van der Waals surface area contributed by atoms with Crippen molar-refractivity contribution in [3.8, 4) is 0 Å². The number of hydrogen-bond acceptors (Lipinski definition) is 30. The SMILES string of the molecule is CC(C)(C)OC(=O)OC(=O)OC(C)(C)C.CC[C@H]1OC(=O)C(C)C(=O)[C@H](C)[C@@H](O[C@@H]2OC(COC(=O)c3ccccc3)CC(N(C)C)C2C)[C@](C)(OC)C[C@@H](C)CN(C(=O)OC(C)(C)C)[C@H](C)[C@H]2NC(=O)O[C@@]21C.CC[C@H]1OC(=O)C(C)C(=O)[C@H](C)[C@@H](O[C@@H]2OC(COC(=O)c3ccccc3)CC(N(C)C)C2C)[C@](C)(OC)C[C@@H](C)CN[C@H](C)[C@H]2NC(=O)O[C@@]21C. The molecule has 6 aliphatic rings. The predicted octanol–water partition coefficient (Wildman–Crippen LogP) is 13.2. The molecule has 26 atom stereocenters. The summed E-state index contributed by atoms with van der Waals surface area (Å²) >= 11 is 0. The van der Waals surface area contributed by atoms with Gasteiger partial charge < -0.3 is 106 Å². The molecule has 33 nitrogen and oxygen atoms in total. The number of benzene rings is 2. The molecule has 8 unspecified atom stereocenters. The van der Waals surface area contributed by atoms with Gasteiger partial charge in [0.1, 0.15) is 54.1 Å². The summed E-state index contributed by atoms with van der Waals surface area (Å²) in [6.45, 7) is 45.3. The molecule has 6 saturated heterocycles. The van der Waals surface area contributed by atoms with E-state index in [9.17, 15) is 52.7 Å². The average Bonchev–Trinajstić information content (AvgIpc) is 1.59. The molecule has 712 valence electrons. The normalized spacial score (nSPS) is 34.7. The molecule has 6 heterocycles. The second-order valence-corrected chi connectivity index (χ2v) is 39.2. The first-order valence-corrected chi connectivity index (χ1v) is 44.2. The van der Waals surface area contributed by atoms with Gasteiger partial charge in [-0.25, -0.2) is 33.6 Å². The van der Waals surface area contributed by atoms with Gasteiger partial charge in [-0.3, -0.25) is 19.2 Å². The zero-order valence-electron chi connectivity index (χ0n) is 80.4. The van der Waals surface area contributed by atoms with Gasteiger partial charge in [0.05, 0.1) is 64.9 Å². The predicted molar refractivity (Wildman–Crippen MR) is 465 cm³/mol. The van der Waals surface area contributed by atoms with Gasteiger partial charge in [0.25, 0.3) is 0 Å². The topological polar surface area (TPSA) is 381 Å². The standard InChI is InChI=1S/C44H69N3O12.C39H61N3O10.C10H18O5/c1-15-33-44(11)35(45-40(51)58-44)29(6)47(41(52)59-42(7,8)9)23-25(2)22-43(10,53-14)36(27(4)34(48)28(5)37(49)56-33)57-39-26(3)32(46(12)13)21-31(55-39)24-54-38(50)30-19-17-16-18-20-30;1-12-30-39(8)32(41-37(46)52-39)26(6)40-20-22(2)19-38(7,47-11)33(24(4)31(43)25(5)34(44)50-30)51-36-23(3)29(42(9)10)18-28(49-36)21-48-35(45)27-16-14-13-15-17-27;1-9(2,3)14-7(11)13-8(12)15-10(4,5)6/h16-20,25-29,31-33,35-36,39H,15,21-24H2,1-14H3,(H,45,51);13-17,22-26,28-30,32-33,36,40H,12,18-21H2,1-11H3,(H,41,46);1-6H3/t25-,26?,27+,28?,29-,31?,32?,33-,35-,36-,39+,43-,44-;22-,23?,24+,25?,26-,28?,29?,30-,32-,33-,36+,38-,39-;/m11./s1. The third kappa shape index (κ3) is 28.4. The van der Waals surface area contributed by atoms with Crippen LogP contribution in [0.5, 0.6) is 0 Å². The van der Waals surface area contributed by atoms with Crippen LogP contribution in [0.2, 0.25) is 0 Å². The molecular formula is C93H148N6O27. The van der Waals surface area contributed by atoms with Crippen LogP contribution in [-0.2, 0) is 95.0 Å². The highest BCUT2D eigenvalue weighted by molar-refractivity contribution is 6.01. The molecule has 0 spiro atoms. The van der Waals surface area contributed by atoms with Gasteiger partial charge in [-0.05, 0) is 227 Å². The quantitative estimate of drug-likeness (QED) is 0.0798. The summed E-state index contributed by atoms with van der Waals surface area (Å²) < 4.78 is 94.5. The van der Waals surface area contributed by atoms with E-state index in [2.05, 4.69) is 37.4 Å². The number of Topliss-reactive ketones (excluding diaryl/α,β-unsaturated/α-hetero) is 2. The molecule has 8 rings (SSSR count). The molecule has 6 aliphatic heterocycles. The number of nitrogens with zero attached hydrogens (tertiary/aromatic N) is 3. The minimum Gasteiger partial charge on any atom is -0.459 e. The van der Waals surface area contributed by atoms with Crippen LogP contribution in [0.15, 0.2) is 60.7 Å². The molecule has 0 radical (unpaired) electrons. The second-order valence-electron chi connectivity index (χ2n) is 39.2. The van der Waals surface area contributed by atoms with E-state index in [0.29, 0.717) is 43.4 Å². The minimum atomic E-state index is -1.41. The number of esters is 4. The summed E-state index contributed by atoms with van der Waals surface area (Å²) in [6, 6.07) is 15.2. The number of ether oxygens (including phenoxy) is 16. The molecule has 0 saturated carbocycles. The number of rotatable bonds is 16. The van der Waals surface area contributed by atoms with Crippen molar-refractivity contribution in [2.75, 3.05) is 68.7 Å². The molecular weight excluding hydrogens is 1630 g/mol. The summed E-state index contributed by atoms with van der Waals surface area (Å²) in [7, 11) is 11.1. The summed E-state index contributed by atoms with van der Waals surface area (Å²) in [6.07, 6.45) is -7.74. The fraction of sp³-hybridized carbons (Fsp3) is 0.753. The van der Waals surface area contributed by atoms with E-state index in [1.54, 1.807) is 172 Å². The lowest BCUT2D eigenvalue weighted by Gasteiger charge is -2.48. The Hall–Kier alpha value is -8.15. The van der Waals surface area contributed by atoms with Gasteiger partial charge >= 0.3 is 54.5 Å². The fourth-order valence-corrected chi connectivity index (χ4v) is 17.9. The number of ketones is 2. The van der Waals surface area contributed by atoms with Crippen molar-refractivity contribution in [2.45, 2.75) is 336 Å². The highest BCUT2D eigenvalue weighted by Crippen LogP contribution is 2.43. The molecule has 6 fully saturated rings. The van der Waals surface area contributed by atoms with Gasteiger partial charge in [-0.1, -0.05) is 91.8 Å². The molecule has 2 aromatic rings. The monoisotopic (exact) mass is 1780 g/mol. The number of carbonyl (C=O) groups is 11. The second kappa shape index (κ2) is 44.9. The van der Waals surface area contributed by atoms with Crippen molar-refractivity contribution >= 4 is 66.0 Å². The number of methoxy groups -OCH3 is 2. The Morgan fingerprint density at radius 1 is 0.516 bits per heavy atom. The van der Waals surface area contributed by atoms with Gasteiger partial charge in [-0.2, -0.15) is 0 Å². The Morgan fingerprint density at radius 2 is 0.881 bits per heavy atom. The maximum absolute atomic E-state index is 14.5. The van der Waals surface area contributed by atoms with Crippen LogP contribution in [0.3, 0.4) is 0 Å². The van der Waals surface area contributed by atoms with E-state index in [1.165, 1.54) is 13.8 Å². The Kier molecular flexibility index (Phi) is 38.0. The van der Waals surface area contributed by atoms with E-state index in [-0.39, 0.29) is 80.2 Å². The largest absolute Gasteiger partial charge is 0.519 e. The van der Waals surface area contributed by atoms with E-state index >= 15 is 0 Å². The Morgan fingerprint density at radius 3 is 1.24 bits per heavy atom. The number of amides is 3. The van der Waals surface area contributed by atoms with Crippen molar-refractivity contribution in [2.24, 2.45) is 47.3 Å². The lowest BCUT2D eigenvalue weighted by atomic mass is 9.78. The maximum atomic E-state index is 14.5. The smallest absolute Gasteiger partial charge is 0.459 e. The number of alkyl carbamates (subject to hydrolysis) is 2. The molecule has 33 heteroatoms. The average molecular weight is 1780 g/mol. The zero-order chi connectivity index (χ0) is 95.0. The minimum absolute atomic E-state index is 0.00857. The van der Waals surface area contributed by atoms with Crippen LogP contribution in [0.1, 0.15) is 232 Å². The Balaban J connectivity index is 0.000000336. The molecule has 0 aromatic heterocycles. The van der Waals surface area contributed by atoms with Crippen LogP contribution in [0.4, 0.5) is 24.0 Å². The highest BCUT2D eigenvalue weighted by atomic mass is 16.8. The van der Waals surface area contributed by atoms with Crippen molar-refractivity contribution in [1.82, 2.24) is 30.7 Å². The van der Waals surface area contributed by atoms with Crippen LogP contribution < -0.4 is 16.0 Å². The molecule has 0 aliphatic carbocycles. The molecule has 0 bridgehead atoms. The summed E-state index contributed by atoms with van der Waals surface area (Å²) in [5, 5.41) is 9.34. The van der Waals surface area contributed by atoms with Gasteiger partial charge in [-0.15, -0.1) is 0 Å². The number of carbonyl (C=O) groups excluding carboxylic acids is 11. The third-order valence-electron chi connectivity index (χ3n) is 24.7. The first kappa shape index (κ1) is 107. The van der Waals surface area contributed by atoms with E-state index in [1.807, 2.05) is 88.8 Å². The highest BCUT2D eigenvalue weighted by Gasteiger charge is 2.59. The summed E-state index contributed by atoms with van der Waals surface area (Å²) in [5.41, 5.74) is -6.11. The van der Waals surface area contributed by atoms with Crippen molar-refractivity contribution in [3.05, 3.63) is 71.8 Å². The molecule has 2 aromatic carbocycles. The van der Waals surface area contributed by atoms with Crippen LogP contribution in [0.25, 0.3) is 0 Å². The van der Waals surface area contributed by atoms with E-state index in [0.717, 1.165) is 0 Å². The maximum Gasteiger partial charge on any atom is 0.519 e. The first-order chi connectivity index (χ1) is 58.4. The van der Waals surface area contributed by atoms with E-state index in [4.69, 9.17) is 71.1 Å². The summed E-state index contributed by atoms with van der Waals surface area (Å²) in [5.74, 6) is -7.97. The number of nitrogens with one attached hydrogen (secondary N) is 3. The van der Waals surface area contributed by atoms with Gasteiger partial charge in [0.2, 0.25) is 0 Å². The lowest BCUT2D eigenvalue weighted by molar-refractivity contribution is -0.286. The third-order valence-corrected chi connectivity index (χ3v) is 24.7. The van der Waals surface area contributed by atoms with Crippen molar-refractivity contribution in [1.29, 1.82) is 0 Å². The van der Waals surface area contributed by atoms with E-state index < -0.39 is 190 Å². The van der Waals surface area contributed by atoms with Crippen molar-refractivity contribution < 1.29 is 129 Å².